The van der Waals surface area contributed by atoms with E-state index in [0.29, 0.717) is 12.0 Å². The Morgan fingerprint density at radius 1 is 1.03 bits per heavy atom. The average Bonchev–Trinajstić information content (AvgIpc) is 3.32. The number of benzene rings is 2. The first-order valence-corrected chi connectivity index (χ1v) is 12.9. The van der Waals surface area contributed by atoms with Gasteiger partial charge in [0.15, 0.2) is 0 Å². The lowest BCUT2D eigenvalue weighted by Crippen LogP contribution is -2.52. The molecule has 0 radical (unpaired) electrons. The van der Waals surface area contributed by atoms with E-state index in [1.54, 1.807) is 13.8 Å². The molecule has 35 heavy (non-hydrogen) atoms. The Morgan fingerprint density at radius 3 is 2.54 bits per heavy atom. The standard InChI is InChI=1S/C30H37FN4/c1-19-12-24-23-8-6-7-9-26(23)33-27(24)28(35(19)18-30(4,5)31)20-10-11-25-21(13-20)14-22(32-25)15-34-16-29(2,3)17-34/h6-11,13-14,19,28,32-33H,12,15-18H2,1-5H3/t19-,28-/m1/s1. The Labute approximate surface area is 207 Å². The molecule has 0 saturated carbocycles. The van der Waals surface area contributed by atoms with E-state index in [4.69, 9.17) is 0 Å². The number of hydrogen-bond acceptors (Lipinski definition) is 2. The Bertz CT molecular complexity index is 1380. The number of halogens is 1. The lowest BCUT2D eigenvalue weighted by molar-refractivity contribution is 0.0234. The summed E-state index contributed by atoms with van der Waals surface area (Å²) in [4.78, 5) is 12.2. The van der Waals surface area contributed by atoms with Gasteiger partial charge in [0.1, 0.15) is 5.67 Å². The van der Waals surface area contributed by atoms with E-state index >= 15 is 4.39 Å². The summed E-state index contributed by atoms with van der Waals surface area (Å²) >= 11 is 0. The van der Waals surface area contributed by atoms with Crippen LogP contribution in [0.25, 0.3) is 21.8 Å². The minimum absolute atomic E-state index is 0.00453. The van der Waals surface area contributed by atoms with Crippen molar-refractivity contribution in [2.75, 3.05) is 19.6 Å². The number of H-pyrrole nitrogens is 2. The second-order valence-corrected chi connectivity index (χ2v) is 12.4. The van der Waals surface area contributed by atoms with Gasteiger partial charge in [0, 0.05) is 65.4 Å². The maximum absolute atomic E-state index is 15.0. The van der Waals surface area contributed by atoms with Crippen LogP contribution < -0.4 is 0 Å². The molecule has 6 rings (SSSR count). The van der Waals surface area contributed by atoms with Crippen LogP contribution in [0.2, 0.25) is 0 Å². The number of likely N-dealkylation sites (tertiary alicyclic amines) is 1. The van der Waals surface area contributed by atoms with Crippen molar-refractivity contribution in [2.45, 2.75) is 65.3 Å². The van der Waals surface area contributed by atoms with Gasteiger partial charge in [-0.25, -0.2) is 4.39 Å². The number of hydrogen-bond donors (Lipinski definition) is 2. The molecule has 5 heteroatoms. The molecule has 4 aromatic rings. The Morgan fingerprint density at radius 2 is 1.80 bits per heavy atom. The molecule has 2 aromatic heterocycles. The fraction of sp³-hybridized carbons (Fsp3) is 0.467. The Balaban J connectivity index is 1.41. The van der Waals surface area contributed by atoms with Crippen LogP contribution in [0.4, 0.5) is 4.39 Å². The first kappa shape index (κ1) is 22.8. The first-order valence-electron chi connectivity index (χ1n) is 12.9. The summed E-state index contributed by atoms with van der Waals surface area (Å²) in [5, 5.41) is 2.52. The van der Waals surface area contributed by atoms with Gasteiger partial charge >= 0.3 is 0 Å². The molecule has 4 nitrogen and oxygen atoms in total. The zero-order valence-corrected chi connectivity index (χ0v) is 21.6. The molecule has 4 heterocycles. The van der Waals surface area contributed by atoms with Crippen molar-refractivity contribution < 1.29 is 4.39 Å². The second kappa shape index (κ2) is 7.94. The molecule has 0 aliphatic carbocycles. The van der Waals surface area contributed by atoms with Gasteiger partial charge in [-0.1, -0.05) is 38.1 Å². The highest BCUT2D eigenvalue weighted by Crippen LogP contribution is 2.42. The van der Waals surface area contributed by atoms with Gasteiger partial charge in [-0.2, -0.15) is 0 Å². The second-order valence-electron chi connectivity index (χ2n) is 12.4. The largest absolute Gasteiger partial charge is 0.357 e. The van der Waals surface area contributed by atoms with E-state index in [0.717, 1.165) is 26.1 Å². The molecule has 0 unspecified atom stereocenters. The van der Waals surface area contributed by atoms with Crippen molar-refractivity contribution in [3.8, 4) is 0 Å². The van der Waals surface area contributed by atoms with Crippen molar-refractivity contribution in [3.05, 3.63) is 71.0 Å². The van der Waals surface area contributed by atoms with Crippen LogP contribution in [0.15, 0.2) is 48.5 Å². The minimum Gasteiger partial charge on any atom is -0.357 e. The molecule has 0 bridgehead atoms. The summed E-state index contributed by atoms with van der Waals surface area (Å²) in [5.41, 5.74) is 6.57. The number of para-hydroxylation sites is 1. The normalized spacial score (nSPS) is 23.0. The molecule has 184 valence electrons. The van der Waals surface area contributed by atoms with Gasteiger partial charge in [-0.15, -0.1) is 0 Å². The highest BCUT2D eigenvalue weighted by molar-refractivity contribution is 5.86. The van der Waals surface area contributed by atoms with E-state index in [9.17, 15) is 0 Å². The number of nitrogens with zero attached hydrogens (tertiary/aromatic N) is 2. The highest BCUT2D eigenvalue weighted by atomic mass is 19.1. The lowest BCUT2D eigenvalue weighted by Gasteiger charge is -2.45. The van der Waals surface area contributed by atoms with E-state index in [-0.39, 0.29) is 12.1 Å². The zero-order valence-electron chi connectivity index (χ0n) is 21.6. The number of nitrogens with one attached hydrogen (secondary N) is 2. The van der Waals surface area contributed by atoms with Gasteiger partial charge < -0.3 is 9.97 Å². The third-order valence-electron chi connectivity index (χ3n) is 7.79. The predicted octanol–water partition coefficient (Wildman–Crippen LogP) is 6.58. The van der Waals surface area contributed by atoms with Crippen molar-refractivity contribution in [2.24, 2.45) is 5.41 Å². The van der Waals surface area contributed by atoms with Crippen molar-refractivity contribution in [1.29, 1.82) is 0 Å². The summed E-state index contributed by atoms with van der Waals surface area (Å²) in [5.74, 6) is 0. The first-order chi connectivity index (χ1) is 16.6. The van der Waals surface area contributed by atoms with Crippen LogP contribution in [-0.2, 0) is 13.0 Å². The fourth-order valence-corrected chi connectivity index (χ4v) is 6.53. The molecule has 1 saturated heterocycles. The van der Waals surface area contributed by atoms with Crippen LogP contribution in [0.1, 0.15) is 63.2 Å². The number of rotatable bonds is 5. The molecule has 2 atom stereocenters. The quantitative estimate of drug-likeness (QED) is 0.344. The molecule has 1 fully saturated rings. The minimum atomic E-state index is -1.27. The molecule has 2 aliphatic heterocycles. The van der Waals surface area contributed by atoms with Crippen LogP contribution in [0.5, 0.6) is 0 Å². The Kier molecular flexibility index (Phi) is 5.17. The SMILES string of the molecule is C[C@@H]1Cc2c([nH]c3ccccc23)[C@@H](c2ccc3[nH]c(CN4CC(C)(C)C4)cc3c2)N1CC(C)(C)F. The Hall–Kier alpha value is -2.63. The summed E-state index contributed by atoms with van der Waals surface area (Å²) in [7, 11) is 0. The van der Waals surface area contributed by atoms with Crippen LogP contribution in [0.3, 0.4) is 0 Å². The van der Waals surface area contributed by atoms with Crippen LogP contribution in [0, 0.1) is 5.41 Å². The monoisotopic (exact) mass is 472 g/mol. The third kappa shape index (κ3) is 4.19. The molecule has 2 aromatic carbocycles. The molecular formula is C30H37FN4. The summed E-state index contributed by atoms with van der Waals surface area (Å²) in [6.45, 7) is 13.9. The maximum atomic E-state index is 15.0. The van der Waals surface area contributed by atoms with Gasteiger partial charge in [0.2, 0.25) is 0 Å². The smallest absolute Gasteiger partial charge is 0.118 e. The molecule has 0 amide bonds. The van der Waals surface area contributed by atoms with E-state index in [1.165, 1.54) is 44.3 Å². The molecular weight excluding hydrogens is 435 g/mol. The average molecular weight is 473 g/mol. The summed E-state index contributed by atoms with van der Waals surface area (Å²) < 4.78 is 15.0. The number of fused-ring (bicyclic) bond motifs is 4. The van der Waals surface area contributed by atoms with Gasteiger partial charge in [-0.3, -0.25) is 9.80 Å². The maximum Gasteiger partial charge on any atom is 0.118 e. The summed E-state index contributed by atoms with van der Waals surface area (Å²) in [6, 6.07) is 17.8. The van der Waals surface area contributed by atoms with Gasteiger partial charge in [-0.05, 0) is 68.0 Å². The fourth-order valence-electron chi connectivity index (χ4n) is 6.53. The molecule has 0 spiro atoms. The van der Waals surface area contributed by atoms with Gasteiger partial charge in [0.05, 0.1) is 6.04 Å². The predicted molar refractivity (Wildman–Crippen MR) is 143 cm³/mol. The van der Waals surface area contributed by atoms with Crippen LogP contribution >= 0.6 is 0 Å². The van der Waals surface area contributed by atoms with E-state index in [2.05, 4.69) is 89.1 Å². The topological polar surface area (TPSA) is 38.1 Å². The van der Waals surface area contributed by atoms with E-state index in [1.807, 2.05) is 0 Å². The van der Waals surface area contributed by atoms with Gasteiger partial charge in [0.25, 0.3) is 0 Å². The van der Waals surface area contributed by atoms with Crippen molar-refractivity contribution in [1.82, 2.24) is 19.8 Å². The number of aromatic amines is 2. The van der Waals surface area contributed by atoms with Crippen molar-refractivity contribution in [3.63, 3.8) is 0 Å². The summed E-state index contributed by atoms with van der Waals surface area (Å²) in [6.07, 6.45) is 0.925. The molecule has 2 N–H and O–H groups in total. The number of alkyl halides is 1. The van der Waals surface area contributed by atoms with Crippen molar-refractivity contribution >= 4 is 21.8 Å². The highest BCUT2D eigenvalue weighted by Gasteiger charge is 2.38. The van der Waals surface area contributed by atoms with Crippen LogP contribution in [-0.4, -0.2) is 51.1 Å². The third-order valence-corrected chi connectivity index (χ3v) is 7.79. The lowest BCUT2D eigenvalue weighted by atomic mass is 9.84. The zero-order chi connectivity index (χ0) is 24.5. The number of aromatic nitrogens is 2. The van der Waals surface area contributed by atoms with E-state index < -0.39 is 5.67 Å². The molecule has 2 aliphatic rings.